The molecule has 1 amide bonds. The molecule has 0 heterocycles. The second kappa shape index (κ2) is 4.71. The van der Waals surface area contributed by atoms with E-state index >= 15 is 0 Å². The van der Waals surface area contributed by atoms with Crippen LogP contribution in [0.25, 0.3) is 0 Å². The van der Waals surface area contributed by atoms with Gasteiger partial charge in [0.1, 0.15) is 12.0 Å². The number of carbonyl (C=O) groups excluding carboxylic acids is 1. The van der Waals surface area contributed by atoms with Crippen LogP contribution in [0.1, 0.15) is 0 Å². The molecule has 14 heavy (non-hydrogen) atoms. The normalized spacial score (nSPS) is 10.4. The number of amides is 1. The highest BCUT2D eigenvalue weighted by atomic mass is 79.9. The molecule has 0 aliphatic rings. The first-order valence-electron chi connectivity index (χ1n) is 3.56. The first-order chi connectivity index (χ1) is 6.61. The second-order valence-electron chi connectivity index (χ2n) is 2.39. The Kier molecular flexibility index (Phi) is 3.58. The lowest BCUT2D eigenvalue weighted by Crippen LogP contribution is -2.12. The van der Waals surface area contributed by atoms with Gasteiger partial charge in [-0.15, -0.1) is 0 Å². The van der Waals surface area contributed by atoms with Gasteiger partial charge >= 0.3 is 0 Å². The number of hydrogen-bond donors (Lipinski definition) is 2. The fourth-order valence-electron chi connectivity index (χ4n) is 0.853. The van der Waals surface area contributed by atoms with Gasteiger partial charge in [-0.1, -0.05) is 21.1 Å². The van der Waals surface area contributed by atoms with Crippen LogP contribution in [0.15, 0.2) is 27.8 Å². The van der Waals surface area contributed by atoms with Gasteiger partial charge in [0.2, 0.25) is 0 Å². The van der Waals surface area contributed by atoms with Crippen molar-refractivity contribution in [1.82, 2.24) is 0 Å². The highest BCUT2D eigenvalue weighted by Crippen LogP contribution is 2.18. The fourth-order valence-corrected chi connectivity index (χ4v) is 1.32. The number of oxime groups is 1. The Morgan fingerprint density at radius 2 is 2.29 bits per heavy atom. The highest BCUT2D eigenvalue weighted by molar-refractivity contribution is 9.10. The van der Waals surface area contributed by atoms with Gasteiger partial charge in [0.25, 0.3) is 5.91 Å². The Hall–Kier alpha value is -1.43. The smallest absolute Gasteiger partial charge is 0.270 e. The van der Waals surface area contributed by atoms with Crippen LogP contribution < -0.4 is 5.32 Å². The van der Waals surface area contributed by atoms with Gasteiger partial charge in [-0.25, -0.2) is 4.39 Å². The second-order valence-corrected chi connectivity index (χ2v) is 3.31. The summed E-state index contributed by atoms with van der Waals surface area (Å²) in [6.07, 6.45) is 0.679. The summed E-state index contributed by atoms with van der Waals surface area (Å²) in [5.41, 5.74) is 0.279. The molecule has 74 valence electrons. The van der Waals surface area contributed by atoms with Gasteiger partial charge < -0.3 is 10.5 Å². The van der Waals surface area contributed by atoms with E-state index in [1.165, 1.54) is 12.1 Å². The van der Waals surface area contributed by atoms with Crippen LogP contribution in [0.4, 0.5) is 10.1 Å². The topological polar surface area (TPSA) is 61.7 Å². The van der Waals surface area contributed by atoms with E-state index in [9.17, 15) is 9.18 Å². The number of nitrogens with one attached hydrogen (secondary N) is 1. The predicted molar refractivity (Wildman–Crippen MR) is 53.0 cm³/mol. The van der Waals surface area contributed by atoms with E-state index in [4.69, 9.17) is 5.21 Å². The van der Waals surface area contributed by atoms with E-state index in [-0.39, 0.29) is 5.69 Å². The molecule has 2 N–H and O–H groups in total. The lowest BCUT2D eigenvalue weighted by molar-refractivity contribution is -0.110. The minimum absolute atomic E-state index is 0.279. The molecule has 1 aromatic rings. The van der Waals surface area contributed by atoms with Crippen LogP contribution in [0.2, 0.25) is 0 Å². The maximum atomic E-state index is 12.8. The van der Waals surface area contributed by atoms with Crippen molar-refractivity contribution in [2.24, 2.45) is 5.16 Å². The standard InChI is InChI=1S/C8H6BrFN2O2/c9-5-1-6(10)3-7(2-5)12-8(13)4-11-14/h1-4,14H,(H,12,13). The summed E-state index contributed by atoms with van der Waals surface area (Å²) >= 11 is 3.07. The molecule has 6 heteroatoms. The molecule has 0 atom stereocenters. The van der Waals surface area contributed by atoms with E-state index in [1.54, 1.807) is 0 Å². The van der Waals surface area contributed by atoms with Gasteiger partial charge in [0.15, 0.2) is 0 Å². The molecular weight excluding hydrogens is 255 g/mol. The lowest BCUT2D eigenvalue weighted by atomic mass is 10.3. The number of carbonyl (C=O) groups is 1. The average Bonchev–Trinajstić information content (AvgIpc) is 2.01. The maximum Gasteiger partial charge on any atom is 0.270 e. The van der Waals surface area contributed by atoms with E-state index in [1.807, 2.05) is 0 Å². The van der Waals surface area contributed by atoms with Gasteiger partial charge in [-0.3, -0.25) is 4.79 Å². The molecule has 1 rings (SSSR count). The van der Waals surface area contributed by atoms with Crippen LogP contribution in [-0.2, 0) is 4.79 Å². The molecule has 0 bridgehead atoms. The Morgan fingerprint density at radius 1 is 1.57 bits per heavy atom. The third kappa shape index (κ3) is 3.14. The number of benzene rings is 1. The average molecular weight is 261 g/mol. The third-order valence-electron chi connectivity index (χ3n) is 1.31. The Balaban J connectivity index is 2.81. The Labute approximate surface area is 87.5 Å². The van der Waals surface area contributed by atoms with Gasteiger partial charge in [0.05, 0.1) is 0 Å². The summed E-state index contributed by atoms with van der Waals surface area (Å²) in [7, 11) is 0. The van der Waals surface area contributed by atoms with Crippen LogP contribution in [0.5, 0.6) is 0 Å². The van der Waals surface area contributed by atoms with Crippen LogP contribution in [-0.4, -0.2) is 17.3 Å². The lowest BCUT2D eigenvalue weighted by Gasteiger charge is -2.02. The number of nitrogens with zero attached hydrogens (tertiary/aromatic N) is 1. The summed E-state index contributed by atoms with van der Waals surface area (Å²) in [4.78, 5) is 10.9. The summed E-state index contributed by atoms with van der Waals surface area (Å²) in [5, 5.41) is 12.9. The van der Waals surface area contributed by atoms with Gasteiger partial charge in [-0.05, 0) is 18.2 Å². The molecule has 0 fully saturated rings. The van der Waals surface area contributed by atoms with Crippen molar-refractivity contribution in [1.29, 1.82) is 0 Å². The third-order valence-corrected chi connectivity index (χ3v) is 1.76. The Morgan fingerprint density at radius 3 is 2.86 bits per heavy atom. The Bertz CT molecular complexity index is 361. The quantitative estimate of drug-likeness (QED) is 0.485. The van der Waals surface area contributed by atoms with Crippen molar-refractivity contribution in [3.05, 3.63) is 28.5 Å². The predicted octanol–water partition coefficient (Wildman–Crippen LogP) is 1.99. The highest BCUT2D eigenvalue weighted by Gasteiger charge is 2.01. The molecule has 0 unspecified atom stereocenters. The largest absolute Gasteiger partial charge is 0.411 e. The van der Waals surface area contributed by atoms with Crippen molar-refractivity contribution in [2.75, 3.05) is 5.32 Å². The zero-order chi connectivity index (χ0) is 10.6. The molecule has 0 saturated carbocycles. The van der Waals surface area contributed by atoms with Crippen LogP contribution in [0.3, 0.4) is 0 Å². The van der Waals surface area contributed by atoms with Gasteiger partial charge in [-0.2, -0.15) is 0 Å². The molecule has 0 aromatic heterocycles. The molecule has 0 spiro atoms. The molecule has 1 aromatic carbocycles. The molecule has 0 radical (unpaired) electrons. The number of hydrogen-bond acceptors (Lipinski definition) is 3. The van der Waals surface area contributed by atoms with E-state index in [2.05, 4.69) is 26.4 Å². The fraction of sp³-hybridized carbons (Fsp3) is 0. The summed E-state index contributed by atoms with van der Waals surface area (Å²) in [5.74, 6) is -1.11. The van der Waals surface area contributed by atoms with Crippen molar-refractivity contribution in [3.8, 4) is 0 Å². The summed E-state index contributed by atoms with van der Waals surface area (Å²) in [6, 6.07) is 3.93. The number of rotatable bonds is 2. The molecule has 0 saturated heterocycles. The molecule has 0 aliphatic carbocycles. The number of anilines is 1. The summed E-state index contributed by atoms with van der Waals surface area (Å²) < 4.78 is 13.3. The minimum Gasteiger partial charge on any atom is -0.411 e. The van der Waals surface area contributed by atoms with Crippen molar-refractivity contribution in [2.45, 2.75) is 0 Å². The maximum absolute atomic E-state index is 12.8. The first kappa shape index (κ1) is 10.6. The van der Waals surface area contributed by atoms with Gasteiger partial charge in [0, 0.05) is 10.2 Å². The summed E-state index contributed by atoms with van der Waals surface area (Å²) in [6.45, 7) is 0. The van der Waals surface area contributed by atoms with Crippen molar-refractivity contribution < 1.29 is 14.4 Å². The van der Waals surface area contributed by atoms with Crippen molar-refractivity contribution in [3.63, 3.8) is 0 Å². The van der Waals surface area contributed by atoms with Crippen LogP contribution >= 0.6 is 15.9 Å². The van der Waals surface area contributed by atoms with E-state index < -0.39 is 11.7 Å². The SMILES string of the molecule is O=C(C=NO)Nc1cc(F)cc(Br)c1. The number of halogens is 2. The first-order valence-corrected chi connectivity index (χ1v) is 4.35. The van der Waals surface area contributed by atoms with E-state index in [0.717, 1.165) is 6.07 Å². The molecule has 4 nitrogen and oxygen atoms in total. The monoisotopic (exact) mass is 260 g/mol. The van der Waals surface area contributed by atoms with E-state index in [0.29, 0.717) is 10.7 Å². The molecular formula is C8H6BrFN2O2. The zero-order valence-electron chi connectivity index (χ0n) is 6.87. The molecule has 0 aliphatic heterocycles. The zero-order valence-corrected chi connectivity index (χ0v) is 8.45. The van der Waals surface area contributed by atoms with Crippen molar-refractivity contribution >= 4 is 33.7 Å². The minimum atomic E-state index is -0.634. The van der Waals surface area contributed by atoms with Crippen LogP contribution in [0, 0.1) is 5.82 Å².